The van der Waals surface area contributed by atoms with E-state index in [2.05, 4.69) is 51.7 Å². The number of guanidine groups is 1. The number of benzene rings is 1. The maximum atomic E-state index is 5.56. The third kappa shape index (κ3) is 10.6. The predicted molar refractivity (Wildman–Crippen MR) is 117 cm³/mol. The Morgan fingerprint density at radius 1 is 1.00 bits per heavy atom. The fraction of sp³-hybridized carbons (Fsp3) is 0.682. The molecule has 2 rings (SSSR count). The molecule has 1 aliphatic rings. The smallest absolute Gasteiger partial charge is 0.191 e. The molecule has 0 radical (unpaired) electrons. The minimum atomic E-state index is 0.633. The van der Waals surface area contributed by atoms with Crippen LogP contribution in [0, 0.1) is 0 Å². The number of unbranched alkanes of at least 4 members (excludes halogenated alkanes) is 1. The molecule has 1 fully saturated rings. The largest absolute Gasteiger partial charge is 0.379 e. The van der Waals surface area contributed by atoms with Crippen molar-refractivity contribution in [2.45, 2.75) is 32.9 Å². The third-order valence-corrected chi connectivity index (χ3v) is 4.77. The highest BCUT2D eigenvalue weighted by Crippen LogP contribution is 2.09. The summed E-state index contributed by atoms with van der Waals surface area (Å²) < 4.78 is 16.4. The van der Waals surface area contributed by atoms with E-state index in [4.69, 9.17) is 14.2 Å². The molecule has 0 amide bonds. The monoisotopic (exact) mass is 406 g/mol. The Bertz CT molecular complexity index is 560. The summed E-state index contributed by atoms with van der Waals surface area (Å²) in [6.07, 6.45) is 2.27. The number of morpholine rings is 1. The number of nitrogens with zero attached hydrogens (tertiary/aromatic N) is 2. The average Bonchev–Trinajstić information content (AvgIpc) is 2.76. The topological polar surface area (TPSA) is 67.4 Å². The lowest BCUT2D eigenvalue weighted by Crippen LogP contribution is -2.38. The number of hydrogen-bond donors (Lipinski definition) is 2. The lowest BCUT2D eigenvalue weighted by Gasteiger charge is -2.26. The van der Waals surface area contributed by atoms with Crippen molar-refractivity contribution in [2.75, 3.05) is 66.3 Å². The lowest BCUT2D eigenvalue weighted by molar-refractivity contribution is 0.0342. The molecule has 1 heterocycles. The van der Waals surface area contributed by atoms with Crippen LogP contribution in [0.2, 0.25) is 0 Å². The summed E-state index contributed by atoms with van der Waals surface area (Å²) in [4.78, 5) is 6.69. The maximum absolute atomic E-state index is 5.56. The standard InChI is InChI=1S/C22H38N4O3/c1-3-4-12-27-16-17-28-13-9-24-22(23-2)25-18-20-5-7-21(8-6-20)19-26-10-14-29-15-11-26/h5-8H,3-4,9-19H2,1-2H3,(H2,23,24,25). The minimum Gasteiger partial charge on any atom is -0.379 e. The van der Waals surface area contributed by atoms with Gasteiger partial charge in [0.25, 0.3) is 0 Å². The molecule has 29 heavy (non-hydrogen) atoms. The highest BCUT2D eigenvalue weighted by Gasteiger charge is 2.10. The van der Waals surface area contributed by atoms with Crippen molar-refractivity contribution in [3.63, 3.8) is 0 Å². The van der Waals surface area contributed by atoms with Gasteiger partial charge >= 0.3 is 0 Å². The predicted octanol–water partition coefficient (Wildman–Crippen LogP) is 2.02. The second-order valence-electron chi connectivity index (χ2n) is 7.14. The number of aliphatic imine (C=N–C) groups is 1. The maximum Gasteiger partial charge on any atom is 0.191 e. The van der Waals surface area contributed by atoms with Crippen LogP contribution >= 0.6 is 0 Å². The molecule has 0 aromatic heterocycles. The molecule has 7 heteroatoms. The van der Waals surface area contributed by atoms with Crippen LogP contribution in [0.1, 0.15) is 30.9 Å². The van der Waals surface area contributed by atoms with Gasteiger partial charge in [-0.25, -0.2) is 0 Å². The van der Waals surface area contributed by atoms with Crippen molar-refractivity contribution in [2.24, 2.45) is 4.99 Å². The van der Waals surface area contributed by atoms with Gasteiger partial charge in [-0.1, -0.05) is 37.6 Å². The quantitative estimate of drug-likeness (QED) is 0.297. The van der Waals surface area contributed by atoms with Crippen LogP contribution in [0.4, 0.5) is 0 Å². The molecule has 7 nitrogen and oxygen atoms in total. The number of rotatable bonds is 13. The van der Waals surface area contributed by atoms with Gasteiger partial charge in [-0.15, -0.1) is 0 Å². The molecule has 1 aromatic rings. The highest BCUT2D eigenvalue weighted by atomic mass is 16.5. The molecule has 0 unspecified atom stereocenters. The lowest BCUT2D eigenvalue weighted by atomic mass is 10.1. The first-order valence-corrected chi connectivity index (χ1v) is 10.8. The summed E-state index contributed by atoms with van der Waals surface area (Å²) in [5, 5.41) is 6.61. The van der Waals surface area contributed by atoms with Gasteiger partial charge in [0.15, 0.2) is 5.96 Å². The summed E-state index contributed by atoms with van der Waals surface area (Å²) in [7, 11) is 1.78. The van der Waals surface area contributed by atoms with E-state index >= 15 is 0 Å². The molecule has 0 spiro atoms. The Morgan fingerprint density at radius 2 is 1.69 bits per heavy atom. The molecule has 0 aliphatic carbocycles. The Labute approximate surface area is 175 Å². The van der Waals surface area contributed by atoms with E-state index in [9.17, 15) is 0 Å². The Balaban J connectivity index is 1.56. The molecular formula is C22H38N4O3. The average molecular weight is 407 g/mol. The van der Waals surface area contributed by atoms with Crippen LogP contribution in [0.3, 0.4) is 0 Å². The summed E-state index contributed by atoms with van der Waals surface area (Å²) in [5.74, 6) is 0.783. The first kappa shape index (κ1) is 23.6. The van der Waals surface area contributed by atoms with Gasteiger partial charge in [0.1, 0.15) is 0 Å². The Kier molecular flexibility index (Phi) is 12.4. The molecule has 2 N–H and O–H groups in total. The molecule has 1 saturated heterocycles. The van der Waals surface area contributed by atoms with Crippen LogP contribution in [0.15, 0.2) is 29.3 Å². The van der Waals surface area contributed by atoms with E-state index in [1.54, 1.807) is 7.05 Å². The Hall–Kier alpha value is -1.67. The summed E-state index contributed by atoms with van der Waals surface area (Å²) >= 11 is 0. The van der Waals surface area contributed by atoms with Gasteiger partial charge in [0.05, 0.1) is 33.0 Å². The summed E-state index contributed by atoms with van der Waals surface area (Å²) in [6, 6.07) is 8.77. The van der Waals surface area contributed by atoms with Crippen LogP contribution in [0.25, 0.3) is 0 Å². The Morgan fingerprint density at radius 3 is 2.38 bits per heavy atom. The second kappa shape index (κ2) is 15.2. The van der Waals surface area contributed by atoms with Crippen LogP contribution < -0.4 is 10.6 Å². The van der Waals surface area contributed by atoms with Crippen LogP contribution in [-0.4, -0.2) is 77.2 Å². The fourth-order valence-corrected chi connectivity index (χ4v) is 3.00. The SMILES string of the molecule is CCCCOCCOCCNC(=NC)NCc1ccc(CN2CCOCC2)cc1. The minimum absolute atomic E-state index is 0.633. The van der Waals surface area contributed by atoms with Gasteiger partial charge in [0.2, 0.25) is 0 Å². The van der Waals surface area contributed by atoms with Crippen molar-refractivity contribution >= 4 is 5.96 Å². The van der Waals surface area contributed by atoms with Gasteiger partial charge in [0, 0.05) is 46.4 Å². The number of nitrogens with one attached hydrogen (secondary N) is 2. The first-order valence-electron chi connectivity index (χ1n) is 10.8. The molecule has 1 aliphatic heterocycles. The van der Waals surface area contributed by atoms with Crippen LogP contribution in [-0.2, 0) is 27.3 Å². The molecule has 0 atom stereocenters. The van der Waals surface area contributed by atoms with Crippen molar-refractivity contribution in [1.82, 2.24) is 15.5 Å². The molecule has 0 saturated carbocycles. The molecule has 1 aromatic carbocycles. The second-order valence-corrected chi connectivity index (χ2v) is 7.14. The zero-order valence-corrected chi connectivity index (χ0v) is 18.1. The summed E-state index contributed by atoms with van der Waals surface area (Å²) in [5.41, 5.74) is 2.58. The van der Waals surface area contributed by atoms with Gasteiger partial charge in [-0.3, -0.25) is 9.89 Å². The van der Waals surface area contributed by atoms with Crippen molar-refractivity contribution in [3.8, 4) is 0 Å². The number of hydrogen-bond acceptors (Lipinski definition) is 5. The van der Waals surface area contributed by atoms with Crippen LogP contribution in [0.5, 0.6) is 0 Å². The normalized spacial score (nSPS) is 15.4. The van der Waals surface area contributed by atoms with E-state index in [1.807, 2.05) is 0 Å². The van der Waals surface area contributed by atoms with E-state index < -0.39 is 0 Å². The van der Waals surface area contributed by atoms with E-state index in [-0.39, 0.29) is 0 Å². The zero-order valence-electron chi connectivity index (χ0n) is 18.1. The number of ether oxygens (including phenoxy) is 3. The van der Waals surface area contributed by atoms with Gasteiger partial charge in [-0.05, 0) is 17.5 Å². The zero-order chi connectivity index (χ0) is 20.6. The van der Waals surface area contributed by atoms with E-state index in [1.165, 1.54) is 11.1 Å². The van der Waals surface area contributed by atoms with E-state index in [0.717, 1.165) is 64.8 Å². The molecular weight excluding hydrogens is 368 g/mol. The van der Waals surface area contributed by atoms with Crippen molar-refractivity contribution < 1.29 is 14.2 Å². The first-order chi connectivity index (χ1) is 14.3. The highest BCUT2D eigenvalue weighted by molar-refractivity contribution is 5.79. The fourth-order valence-electron chi connectivity index (χ4n) is 3.00. The summed E-state index contributed by atoms with van der Waals surface area (Å²) in [6.45, 7) is 11.1. The van der Waals surface area contributed by atoms with Crippen molar-refractivity contribution in [1.29, 1.82) is 0 Å². The van der Waals surface area contributed by atoms with E-state index in [0.29, 0.717) is 26.4 Å². The van der Waals surface area contributed by atoms with Gasteiger partial charge in [-0.2, -0.15) is 0 Å². The molecule has 164 valence electrons. The molecule has 0 bridgehead atoms. The van der Waals surface area contributed by atoms with Gasteiger partial charge < -0.3 is 24.8 Å². The van der Waals surface area contributed by atoms with Crippen molar-refractivity contribution in [3.05, 3.63) is 35.4 Å². The third-order valence-electron chi connectivity index (χ3n) is 4.77.